The molecule has 0 heterocycles. The van der Waals surface area contributed by atoms with Crippen LogP contribution in [0.3, 0.4) is 0 Å². The summed E-state index contributed by atoms with van der Waals surface area (Å²) in [6.45, 7) is 3.36. The molecule has 0 fully saturated rings. The number of nitrogens with one attached hydrogen (secondary N) is 1. The number of hydrogen-bond acceptors (Lipinski definition) is 2. The third-order valence-electron chi connectivity index (χ3n) is 0.872. The zero-order valence-corrected chi connectivity index (χ0v) is 6.98. The van der Waals surface area contributed by atoms with E-state index in [0.717, 1.165) is 0 Å². The van der Waals surface area contributed by atoms with Crippen LogP contribution in [-0.4, -0.2) is 10.8 Å². The first-order valence-corrected chi connectivity index (χ1v) is 3.24. The second kappa shape index (κ2) is 3.06. The SMILES string of the molecule is CC(=N)/C(C)=C(\O)I. The lowest BCUT2D eigenvalue weighted by Crippen LogP contribution is -1.91. The molecule has 0 unspecified atom stereocenters. The predicted molar refractivity (Wildman–Crippen MR) is 42.7 cm³/mol. The van der Waals surface area contributed by atoms with Gasteiger partial charge in [0, 0.05) is 11.3 Å². The maximum absolute atomic E-state index is 8.72. The molecule has 0 bridgehead atoms. The Morgan fingerprint density at radius 1 is 1.50 bits per heavy atom. The molecule has 0 aromatic heterocycles. The van der Waals surface area contributed by atoms with Crippen molar-refractivity contribution < 1.29 is 5.11 Å². The van der Waals surface area contributed by atoms with Gasteiger partial charge in [-0.05, 0) is 36.4 Å². The van der Waals surface area contributed by atoms with E-state index in [0.29, 0.717) is 11.3 Å². The fraction of sp³-hybridized carbons (Fsp3) is 0.400. The van der Waals surface area contributed by atoms with Crippen molar-refractivity contribution in [3.63, 3.8) is 0 Å². The van der Waals surface area contributed by atoms with Crippen LogP contribution >= 0.6 is 22.6 Å². The predicted octanol–water partition coefficient (Wildman–Crippen LogP) is 2.25. The molecule has 0 saturated carbocycles. The highest BCUT2D eigenvalue weighted by Gasteiger charge is 1.95. The van der Waals surface area contributed by atoms with E-state index in [1.807, 2.05) is 0 Å². The van der Waals surface area contributed by atoms with Gasteiger partial charge >= 0.3 is 0 Å². The summed E-state index contributed by atoms with van der Waals surface area (Å²) >= 11 is 1.78. The molecule has 0 aliphatic carbocycles. The van der Waals surface area contributed by atoms with Gasteiger partial charge in [0.05, 0.1) is 0 Å². The molecule has 8 heavy (non-hydrogen) atoms. The Bertz CT molecular complexity index is 135. The number of hydrogen-bond donors (Lipinski definition) is 2. The largest absolute Gasteiger partial charge is 0.502 e. The Morgan fingerprint density at radius 3 is 1.88 bits per heavy atom. The van der Waals surface area contributed by atoms with Crippen LogP contribution in [0.25, 0.3) is 0 Å². The number of aliphatic hydroxyl groups is 1. The molecule has 46 valence electrons. The Hall–Kier alpha value is -0.0600. The minimum Gasteiger partial charge on any atom is -0.502 e. The van der Waals surface area contributed by atoms with Crippen LogP contribution in [0.1, 0.15) is 13.8 Å². The zero-order chi connectivity index (χ0) is 6.73. The maximum Gasteiger partial charge on any atom is 0.158 e. The summed E-state index contributed by atoms with van der Waals surface area (Å²) in [7, 11) is 0. The number of rotatable bonds is 1. The molecule has 0 aromatic rings. The summed E-state index contributed by atoms with van der Waals surface area (Å²) in [4.78, 5) is 0. The molecule has 0 aliphatic heterocycles. The summed E-state index contributed by atoms with van der Waals surface area (Å²) in [6.07, 6.45) is 0. The van der Waals surface area contributed by atoms with Crippen molar-refractivity contribution in [3.8, 4) is 0 Å². The van der Waals surface area contributed by atoms with Gasteiger partial charge in [0.25, 0.3) is 0 Å². The number of aliphatic hydroxyl groups excluding tert-OH is 1. The zero-order valence-electron chi connectivity index (χ0n) is 4.83. The van der Waals surface area contributed by atoms with E-state index in [1.54, 1.807) is 36.4 Å². The van der Waals surface area contributed by atoms with Crippen LogP contribution in [0.15, 0.2) is 9.34 Å². The first-order valence-electron chi connectivity index (χ1n) is 2.16. The Morgan fingerprint density at radius 2 is 1.88 bits per heavy atom. The fourth-order valence-corrected chi connectivity index (χ4v) is 0.559. The van der Waals surface area contributed by atoms with E-state index in [9.17, 15) is 0 Å². The molecule has 0 atom stereocenters. The standard InChI is InChI=1S/C5H8INO/c1-3(4(2)7)5(6)8/h7-8H,1-2H3/b5-3-,7-4?. The smallest absolute Gasteiger partial charge is 0.158 e. The molecule has 0 aromatic carbocycles. The van der Waals surface area contributed by atoms with Gasteiger partial charge in [-0.1, -0.05) is 0 Å². The van der Waals surface area contributed by atoms with E-state index in [2.05, 4.69) is 0 Å². The molecule has 3 heteroatoms. The van der Waals surface area contributed by atoms with Crippen molar-refractivity contribution in [1.82, 2.24) is 0 Å². The Labute approximate surface area is 62.3 Å². The average molecular weight is 225 g/mol. The summed E-state index contributed by atoms with van der Waals surface area (Å²) in [5.41, 5.74) is 1.06. The van der Waals surface area contributed by atoms with Gasteiger partial charge in [0.15, 0.2) is 3.77 Å². The molecule has 0 radical (unpaired) electrons. The number of allylic oxidation sites excluding steroid dienone is 1. The van der Waals surface area contributed by atoms with Crippen LogP contribution in [0.2, 0.25) is 0 Å². The molecule has 0 rings (SSSR count). The van der Waals surface area contributed by atoms with Crippen LogP contribution < -0.4 is 0 Å². The summed E-state index contributed by atoms with van der Waals surface area (Å²) in [6, 6.07) is 0. The van der Waals surface area contributed by atoms with Crippen LogP contribution in [0.5, 0.6) is 0 Å². The monoisotopic (exact) mass is 225 g/mol. The Kier molecular flexibility index (Phi) is 3.04. The van der Waals surface area contributed by atoms with Crippen molar-refractivity contribution in [1.29, 1.82) is 5.41 Å². The lowest BCUT2D eigenvalue weighted by Gasteiger charge is -1.94. The lowest BCUT2D eigenvalue weighted by atomic mass is 10.2. The van der Waals surface area contributed by atoms with Crippen molar-refractivity contribution in [2.45, 2.75) is 13.8 Å². The number of halogens is 1. The Balaban J connectivity index is 4.23. The minimum atomic E-state index is 0.204. The molecule has 0 spiro atoms. The van der Waals surface area contributed by atoms with E-state index in [-0.39, 0.29) is 3.77 Å². The van der Waals surface area contributed by atoms with Crippen molar-refractivity contribution >= 4 is 28.3 Å². The average Bonchev–Trinajstić information content (AvgIpc) is 1.64. The van der Waals surface area contributed by atoms with Crippen molar-refractivity contribution in [2.24, 2.45) is 0 Å². The van der Waals surface area contributed by atoms with Gasteiger partial charge in [-0.3, -0.25) is 0 Å². The molecule has 0 aliphatic rings. The van der Waals surface area contributed by atoms with Crippen LogP contribution in [0, 0.1) is 5.41 Å². The topological polar surface area (TPSA) is 44.1 Å². The molecule has 0 amide bonds. The third-order valence-corrected chi connectivity index (χ3v) is 1.68. The molecule has 2 N–H and O–H groups in total. The summed E-state index contributed by atoms with van der Waals surface area (Å²) in [5.74, 6) is 0. The summed E-state index contributed by atoms with van der Waals surface area (Å²) < 4.78 is 0.204. The van der Waals surface area contributed by atoms with Gasteiger partial charge in [-0.15, -0.1) is 0 Å². The van der Waals surface area contributed by atoms with Crippen molar-refractivity contribution in [2.75, 3.05) is 0 Å². The second-order valence-corrected chi connectivity index (χ2v) is 2.56. The first-order chi connectivity index (χ1) is 3.55. The molecule has 2 nitrogen and oxygen atoms in total. The first kappa shape index (κ1) is 7.94. The second-order valence-electron chi connectivity index (χ2n) is 1.54. The van der Waals surface area contributed by atoms with Gasteiger partial charge in [-0.25, -0.2) is 0 Å². The molecule has 0 saturated heterocycles. The van der Waals surface area contributed by atoms with E-state index in [1.165, 1.54) is 0 Å². The normalized spacial score (nSPS) is 12.9. The third kappa shape index (κ3) is 2.30. The van der Waals surface area contributed by atoms with E-state index in [4.69, 9.17) is 10.5 Å². The quantitative estimate of drug-likeness (QED) is 0.401. The minimum absolute atomic E-state index is 0.204. The highest BCUT2D eigenvalue weighted by atomic mass is 127. The van der Waals surface area contributed by atoms with Crippen molar-refractivity contribution in [3.05, 3.63) is 9.34 Å². The lowest BCUT2D eigenvalue weighted by molar-refractivity contribution is 0.462. The fourth-order valence-electron chi connectivity index (χ4n) is 0.155. The maximum atomic E-state index is 8.72. The van der Waals surface area contributed by atoms with Gasteiger partial charge in [-0.2, -0.15) is 0 Å². The van der Waals surface area contributed by atoms with Gasteiger partial charge in [0.1, 0.15) is 0 Å². The van der Waals surface area contributed by atoms with E-state index < -0.39 is 0 Å². The van der Waals surface area contributed by atoms with Crippen LogP contribution in [0.4, 0.5) is 0 Å². The molecular weight excluding hydrogens is 217 g/mol. The molecular formula is C5H8INO. The van der Waals surface area contributed by atoms with Crippen LogP contribution in [-0.2, 0) is 0 Å². The highest BCUT2D eigenvalue weighted by Crippen LogP contribution is 2.08. The summed E-state index contributed by atoms with van der Waals surface area (Å²) in [5, 5.41) is 15.7. The highest BCUT2D eigenvalue weighted by molar-refractivity contribution is 14.1. The van der Waals surface area contributed by atoms with Gasteiger partial charge in [0.2, 0.25) is 0 Å². The van der Waals surface area contributed by atoms with E-state index >= 15 is 0 Å². The van der Waals surface area contributed by atoms with Gasteiger partial charge < -0.3 is 10.5 Å².